The van der Waals surface area contributed by atoms with Gasteiger partial charge >= 0.3 is 0 Å². The highest BCUT2D eigenvalue weighted by atomic mass is 79.9. The van der Waals surface area contributed by atoms with Crippen molar-refractivity contribution in [2.75, 3.05) is 0 Å². The predicted octanol–water partition coefficient (Wildman–Crippen LogP) is 4.16. The molecule has 0 N–H and O–H groups in total. The normalized spacial score (nSPS) is 8.79. The molecule has 0 saturated heterocycles. The van der Waals surface area contributed by atoms with Crippen molar-refractivity contribution in [3.63, 3.8) is 0 Å². The minimum Gasteiger partial charge on any atom is -0.258 e. The van der Waals surface area contributed by atoms with Gasteiger partial charge in [-0.3, -0.25) is 10.1 Å². The number of para-hydroxylation sites is 1. The Labute approximate surface area is 92.4 Å². The van der Waals surface area contributed by atoms with Crippen LogP contribution in [-0.2, 0) is 0 Å². The first kappa shape index (κ1) is 13.1. The maximum atomic E-state index is 10.2. The van der Waals surface area contributed by atoms with Crippen LogP contribution in [0.3, 0.4) is 0 Å². The number of hydrogen-bond donors (Lipinski definition) is 0. The van der Waals surface area contributed by atoms with Crippen molar-refractivity contribution in [2.24, 2.45) is 0 Å². The molecule has 1 rings (SSSR count). The molecule has 14 heavy (non-hydrogen) atoms. The van der Waals surface area contributed by atoms with Crippen molar-refractivity contribution in [1.29, 1.82) is 0 Å². The van der Waals surface area contributed by atoms with Gasteiger partial charge in [0.05, 0.1) is 9.40 Å². The van der Waals surface area contributed by atoms with Crippen molar-refractivity contribution in [2.45, 2.75) is 26.7 Å². The number of nitro groups is 1. The number of rotatable bonds is 2. The van der Waals surface area contributed by atoms with E-state index >= 15 is 0 Å². The van der Waals surface area contributed by atoms with Crippen LogP contribution in [-0.4, -0.2) is 4.92 Å². The van der Waals surface area contributed by atoms with Crippen molar-refractivity contribution in [3.8, 4) is 0 Å². The molecule has 0 aliphatic carbocycles. The molecule has 0 bridgehead atoms. The molecule has 0 unspecified atom stereocenters. The molecule has 1 aromatic carbocycles. The molecule has 0 aromatic heterocycles. The van der Waals surface area contributed by atoms with Crippen LogP contribution in [0.1, 0.15) is 26.7 Å². The molecular formula is C10H14BrNO2. The summed E-state index contributed by atoms with van der Waals surface area (Å²) in [4.78, 5) is 9.77. The minimum atomic E-state index is -0.427. The Morgan fingerprint density at radius 3 is 2.07 bits per heavy atom. The van der Waals surface area contributed by atoms with E-state index in [9.17, 15) is 10.1 Å². The van der Waals surface area contributed by atoms with Gasteiger partial charge in [-0.1, -0.05) is 38.8 Å². The van der Waals surface area contributed by atoms with Crippen LogP contribution in [0.15, 0.2) is 28.7 Å². The fourth-order valence-electron chi connectivity index (χ4n) is 0.600. The molecule has 0 radical (unpaired) electrons. The summed E-state index contributed by atoms with van der Waals surface area (Å²) in [5.41, 5.74) is 0.0995. The molecule has 0 spiro atoms. The third-order valence-corrected chi connectivity index (χ3v) is 2.22. The zero-order valence-corrected chi connectivity index (χ0v) is 9.95. The van der Waals surface area contributed by atoms with Crippen LogP contribution >= 0.6 is 15.9 Å². The molecule has 0 fully saturated rings. The highest BCUT2D eigenvalue weighted by Crippen LogP contribution is 2.22. The van der Waals surface area contributed by atoms with Gasteiger partial charge in [0.2, 0.25) is 0 Å². The fraction of sp³-hybridized carbons (Fsp3) is 0.400. The lowest BCUT2D eigenvalue weighted by molar-refractivity contribution is -0.385. The van der Waals surface area contributed by atoms with E-state index in [0.29, 0.717) is 4.47 Å². The Morgan fingerprint density at radius 1 is 1.29 bits per heavy atom. The minimum absolute atomic E-state index is 0.0995. The molecule has 0 aliphatic heterocycles. The molecule has 0 aliphatic rings. The summed E-state index contributed by atoms with van der Waals surface area (Å²) in [6.07, 6.45) is 2.64. The van der Waals surface area contributed by atoms with Gasteiger partial charge in [0.25, 0.3) is 5.69 Å². The Balaban J connectivity index is 0.000000364. The highest BCUT2D eigenvalue weighted by Gasteiger charge is 2.07. The van der Waals surface area contributed by atoms with Crippen molar-refractivity contribution in [1.82, 2.24) is 0 Å². The number of halogens is 1. The van der Waals surface area contributed by atoms with Crippen LogP contribution in [0, 0.1) is 10.1 Å². The van der Waals surface area contributed by atoms with E-state index in [0.717, 1.165) is 0 Å². The van der Waals surface area contributed by atoms with Crippen molar-refractivity contribution < 1.29 is 4.92 Å². The molecule has 1 aromatic rings. The third-order valence-electron chi connectivity index (χ3n) is 1.55. The van der Waals surface area contributed by atoms with E-state index in [4.69, 9.17) is 0 Å². The maximum absolute atomic E-state index is 10.2. The first-order chi connectivity index (χ1) is 6.63. The summed E-state index contributed by atoms with van der Waals surface area (Å²) in [7, 11) is 0. The molecule has 0 atom stereocenters. The molecule has 0 heterocycles. The summed E-state index contributed by atoms with van der Waals surface area (Å²) in [6, 6.07) is 6.45. The lowest BCUT2D eigenvalue weighted by atomic mass is 10.3. The number of nitro benzene ring substituents is 1. The van der Waals surface area contributed by atoms with E-state index in [-0.39, 0.29) is 5.69 Å². The van der Waals surface area contributed by atoms with E-state index in [2.05, 4.69) is 29.8 Å². The van der Waals surface area contributed by atoms with Crippen LogP contribution in [0.4, 0.5) is 5.69 Å². The summed E-state index contributed by atoms with van der Waals surface area (Å²) in [6.45, 7) is 4.36. The first-order valence-corrected chi connectivity index (χ1v) is 5.31. The van der Waals surface area contributed by atoms with Crippen molar-refractivity contribution in [3.05, 3.63) is 38.9 Å². The molecule has 78 valence electrons. The Morgan fingerprint density at radius 2 is 1.79 bits per heavy atom. The van der Waals surface area contributed by atoms with Gasteiger partial charge in [-0.05, 0) is 22.0 Å². The van der Waals surface area contributed by atoms with Gasteiger partial charge in [-0.25, -0.2) is 0 Å². The van der Waals surface area contributed by atoms with Gasteiger partial charge < -0.3 is 0 Å². The van der Waals surface area contributed by atoms with Crippen LogP contribution in [0.25, 0.3) is 0 Å². The van der Waals surface area contributed by atoms with Crippen LogP contribution in [0.5, 0.6) is 0 Å². The number of unbranched alkanes of at least 4 members (excludes halogenated alkanes) is 1. The van der Waals surface area contributed by atoms with E-state index in [1.54, 1.807) is 18.2 Å². The largest absolute Gasteiger partial charge is 0.283 e. The maximum Gasteiger partial charge on any atom is 0.283 e. The summed E-state index contributed by atoms with van der Waals surface area (Å²) >= 11 is 3.06. The van der Waals surface area contributed by atoms with Gasteiger partial charge in [0.1, 0.15) is 0 Å². The smallest absolute Gasteiger partial charge is 0.258 e. The lowest BCUT2D eigenvalue weighted by Crippen LogP contribution is -1.87. The average Bonchev–Trinajstić information content (AvgIpc) is 2.18. The number of nitrogens with zero attached hydrogens (tertiary/aromatic N) is 1. The van der Waals surface area contributed by atoms with Gasteiger partial charge in [-0.2, -0.15) is 0 Å². The summed E-state index contributed by atoms with van der Waals surface area (Å²) in [5, 5.41) is 10.2. The molecule has 3 nitrogen and oxygen atoms in total. The average molecular weight is 260 g/mol. The Kier molecular flexibility index (Phi) is 7.02. The predicted molar refractivity (Wildman–Crippen MR) is 61.4 cm³/mol. The number of benzene rings is 1. The van der Waals surface area contributed by atoms with E-state index < -0.39 is 4.92 Å². The fourth-order valence-corrected chi connectivity index (χ4v) is 1.03. The van der Waals surface area contributed by atoms with Crippen LogP contribution in [0.2, 0.25) is 0 Å². The highest BCUT2D eigenvalue weighted by molar-refractivity contribution is 9.10. The quantitative estimate of drug-likeness (QED) is 0.591. The molecular weight excluding hydrogens is 246 g/mol. The SMILES string of the molecule is CCCC.O=[N+]([O-])c1ccccc1Br. The second kappa shape index (κ2) is 7.50. The Bertz CT molecular complexity index is 287. The topological polar surface area (TPSA) is 43.1 Å². The lowest BCUT2D eigenvalue weighted by Gasteiger charge is -1.91. The standard InChI is InChI=1S/C6H4BrNO2.C4H10/c7-5-3-1-2-4-6(5)8(9)10;1-3-4-2/h1-4H;3-4H2,1-2H3. The Hall–Kier alpha value is -0.900. The number of hydrogen-bond acceptors (Lipinski definition) is 2. The monoisotopic (exact) mass is 259 g/mol. The van der Waals surface area contributed by atoms with Gasteiger partial charge in [0.15, 0.2) is 0 Å². The molecule has 0 saturated carbocycles. The van der Waals surface area contributed by atoms with E-state index in [1.807, 2.05) is 0 Å². The zero-order valence-electron chi connectivity index (χ0n) is 8.37. The zero-order chi connectivity index (χ0) is 11.0. The van der Waals surface area contributed by atoms with Crippen molar-refractivity contribution >= 4 is 21.6 Å². The van der Waals surface area contributed by atoms with Gasteiger partial charge in [0, 0.05) is 6.07 Å². The third kappa shape index (κ3) is 4.97. The second-order valence-electron chi connectivity index (χ2n) is 2.71. The van der Waals surface area contributed by atoms with Gasteiger partial charge in [-0.15, -0.1) is 0 Å². The first-order valence-electron chi connectivity index (χ1n) is 4.52. The van der Waals surface area contributed by atoms with Crippen LogP contribution < -0.4 is 0 Å². The summed E-state index contributed by atoms with van der Waals surface area (Å²) < 4.78 is 0.514. The molecule has 0 amide bonds. The van der Waals surface area contributed by atoms with E-state index in [1.165, 1.54) is 18.9 Å². The second-order valence-corrected chi connectivity index (χ2v) is 3.56. The summed E-state index contributed by atoms with van der Waals surface area (Å²) in [5.74, 6) is 0. The molecule has 4 heteroatoms.